The molecule has 2 rings (SSSR count). The highest BCUT2D eigenvalue weighted by Gasteiger charge is 2.14. The number of hydrogen-bond donors (Lipinski definition) is 0. The first-order valence-electron chi connectivity index (χ1n) is 5.91. The van der Waals surface area contributed by atoms with E-state index in [1.54, 1.807) is 6.08 Å². The lowest BCUT2D eigenvalue weighted by atomic mass is 10.1. The quantitative estimate of drug-likeness (QED) is 0.703. The van der Waals surface area contributed by atoms with Gasteiger partial charge in [0.2, 0.25) is 0 Å². The average molecular weight is 214 g/mol. The van der Waals surface area contributed by atoms with Gasteiger partial charge in [0.15, 0.2) is 0 Å². The molecule has 1 aliphatic heterocycles. The highest BCUT2D eigenvalue weighted by molar-refractivity contribution is 5.72. The van der Waals surface area contributed by atoms with Crippen molar-refractivity contribution in [2.45, 2.75) is 32.7 Å². The van der Waals surface area contributed by atoms with Gasteiger partial charge in [0.25, 0.3) is 0 Å². The Balaban J connectivity index is 2.28. The number of nitrogens with zero attached hydrogens (tertiary/aromatic N) is 2. The van der Waals surface area contributed by atoms with Crippen molar-refractivity contribution in [2.24, 2.45) is 0 Å². The van der Waals surface area contributed by atoms with E-state index in [1.165, 1.54) is 17.7 Å². The van der Waals surface area contributed by atoms with Crippen molar-refractivity contribution in [1.82, 2.24) is 9.78 Å². The minimum Gasteiger partial charge on any atom is -0.269 e. The van der Waals surface area contributed by atoms with E-state index in [4.69, 9.17) is 0 Å². The zero-order valence-electron chi connectivity index (χ0n) is 9.82. The lowest BCUT2D eigenvalue weighted by Gasteiger charge is -1.97. The molecule has 0 aromatic carbocycles. The third kappa shape index (κ3) is 2.16. The van der Waals surface area contributed by atoms with Crippen molar-refractivity contribution < 1.29 is 0 Å². The van der Waals surface area contributed by atoms with Gasteiger partial charge < -0.3 is 0 Å². The Labute approximate surface area is 97.0 Å². The molecule has 1 aromatic rings. The van der Waals surface area contributed by atoms with Crippen LogP contribution in [0.5, 0.6) is 0 Å². The Hall–Kier alpha value is -1.57. The predicted octanol–water partition coefficient (Wildman–Crippen LogP) is 3.36. The molecule has 2 heteroatoms. The number of aromatic nitrogens is 2. The average Bonchev–Trinajstić information content (AvgIpc) is 2.84. The second-order valence-electron chi connectivity index (χ2n) is 4.01. The van der Waals surface area contributed by atoms with Gasteiger partial charge in [-0.1, -0.05) is 37.8 Å². The van der Waals surface area contributed by atoms with Gasteiger partial charge in [-0.05, 0) is 30.9 Å². The molecule has 0 saturated carbocycles. The van der Waals surface area contributed by atoms with E-state index < -0.39 is 0 Å². The molecular weight excluding hydrogens is 196 g/mol. The number of rotatable bonds is 4. The van der Waals surface area contributed by atoms with Crippen LogP contribution in [0.2, 0.25) is 0 Å². The summed E-state index contributed by atoms with van der Waals surface area (Å²) in [6.07, 6.45) is 11.5. The molecule has 0 unspecified atom stereocenters. The van der Waals surface area contributed by atoms with Gasteiger partial charge in [-0.25, -0.2) is 0 Å². The molecule has 0 aliphatic carbocycles. The van der Waals surface area contributed by atoms with Crippen LogP contribution in [0.15, 0.2) is 36.9 Å². The first-order chi connectivity index (χ1) is 7.85. The molecule has 0 spiro atoms. The first kappa shape index (κ1) is 10.9. The van der Waals surface area contributed by atoms with Crippen LogP contribution < -0.4 is 0 Å². The molecule has 1 aliphatic rings. The first-order valence-corrected chi connectivity index (χ1v) is 5.91. The van der Waals surface area contributed by atoms with E-state index in [0.29, 0.717) is 0 Å². The van der Waals surface area contributed by atoms with Crippen molar-refractivity contribution in [2.75, 3.05) is 0 Å². The molecule has 0 fully saturated rings. The molecular formula is C14H18N2. The van der Waals surface area contributed by atoms with Crippen LogP contribution in [0.4, 0.5) is 0 Å². The van der Waals surface area contributed by atoms with Crippen LogP contribution in [0.3, 0.4) is 0 Å². The van der Waals surface area contributed by atoms with Crippen LogP contribution in [0, 0.1) is 0 Å². The zero-order valence-corrected chi connectivity index (χ0v) is 9.82. The summed E-state index contributed by atoms with van der Waals surface area (Å²) in [6.45, 7) is 6.91. The molecule has 1 aromatic heterocycles. The van der Waals surface area contributed by atoms with E-state index in [9.17, 15) is 0 Å². The van der Waals surface area contributed by atoms with E-state index in [0.717, 1.165) is 25.1 Å². The van der Waals surface area contributed by atoms with Gasteiger partial charge >= 0.3 is 0 Å². The van der Waals surface area contributed by atoms with Gasteiger partial charge in [0, 0.05) is 12.2 Å². The van der Waals surface area contributed by atoms with Gasteiger partial charge in [0.1, 0.15) is 0 Å². The number of hydrogen-bond acceptors (Lipinski definition) is 1. The van der Waals surface area contributed by atoms with Crippen LogP contribution in [0.1, 0.15) is 31.2 Å². The van der Waals surface area contributed by atoms with Crippen LogP contribution in [-0.2, 0) is 13.0 Å². The molecule has 0 bridgehead atoms. The van der Waals surface area contributed by atoms with E-state index in [2.05, 4.69) is 41.5 Å². The summed E-state index contributed by atoms with van der Waals surface area (Å²) in [4.78, 5) is 0. The smallest absolute Gasteiger partial charge is 0.0922 e. The fraction of sp³-hybridized carbons (Fsp3) is 0.357. The maximum absolute atomic E-state index is 4.63. The standard InChI is InChI=1S/C14H18N2/c1-3-5-8-12(7-4-2)14-11-13-9-6-10-16(13)15-14/h3,5,7-8,11H,1,4,6,9-10H2,2H3/b8-5-,12-7+. The number of fused-ring (bicyclic) bond motifs is 1. The zero-order chi connectivity index (χ0) is 11.4. The summed E-state index contributed by atoms with van der Waals surface area (Å²) >= 11 is 0. The van der Waals surface area contributed by atoms with Crippen molar-refractivity contribution in [3.63, 3.8) is 0 Å². The van der Waals surface area contributed by atoms with Gasteiger partial charge in [-0.3, -0.25) is 4.68 Å². The van der Waals surface area contributed by atoms with Crippen LogP contribution >= 0.6 is 0 Å². The van der Waals surface area contributed by atoms with Gasteiger partial charge in [0.05, 0.1) is 5.69 Å². The summed E-state index contributed by atoms with van der Waals surface area (Å²) in [5, 5.41) is 4.63. The van der Waals surface area contributed by atoms with Crippen molar-refractivity contribution in [1.29, 1.82) is 0 Å². The molecule has 0 radical (unpaired) electrons. The van der Waals surface area contributed by atoms with Crippen molar-refractivity contribution in [3.8, 4) is 0 Å². The number of allylic oxidation sites excluding steroid dienone is 5. The predicted molar refractivity (Wildman–Crippen MR) is 68.2 cm³/mol. The monoisotopic (exact) mass is 214 g/mol. The lowest BCUT2D eigenvalue weighted by molar-refractivity contribution is 0.654. The minimum absolute atomic E-state index is 1.03. The summed E-state index contributed by atoms with van der Waals surface area (Å²) in [5.74, 6) is 0. The third-order valence-electron chi connectivity index (χ3n) is 2.80. The van der Waals surface area contributed by atoms with Gasteiger partial charge in [-0.15, -0.1) is 0 Å². The molecule has 0 atom stereocenters. The van der Waals surface area contributed by atoms with E-state index in [1.807, 2.05) is 6.08 Å². The summed E-state index contributed by atoms with van der Waals surface area (Å²) in [7, 11) is 0. The van der Waals surface area contributed by atoms with Crippen molar-refractivity contribution >= 4 is 5.57 Å². The van der Waals surface area contributed by atoms with Crippen LogP contribution in [0.25, 0.3) is 5.57 Å². The highest BCUT2D eigenvalue weighted by Crippen LogP contribution is 2.21. The largest absolute Gasteiger partial charge is 0.269 e. The maximum atomic E-state index is 4.63. The molecule has 16 heavy (non-hydrogen) atoms. The maximum Gasteiger partial charge on any atom is 0.0922 e. The summed E-state index contributed by atoms with van der Waals surface area (Å²) in [6, 6.07) is 2.21. The minimum atomic E-state index is 1.03. The summed E-state index contributed by atoms with van der Waals surface area (Å²) in [5.41, 5.74) is 3.66. The molecule has 0 N–H and O–H groups in total. The molecule has 84 valence electrons. The van der Waals surface area contributed by atoms with E-state index in [-0.39, 0.29) is 0 Å². The molecule has 2 nitrogen and oxygen atoms in total. The number of aryl methyl sites for hydroxylation is 2. The second-order valence-corrected chi connectivity index (χ2v) is 4.01. The second kappa shape index (κ2) is 4.97. The Morgan fingerprint density at radius 1 is 1.62 bits per heavy atom. The fourth-order valence-corrected chi connectivity index (χ4v) is 2.05. The van der Waals surface area contributed by atoms with Crippen LogP contribution in [-0.4, -0.2) is 9.78 Å². The Morgan fingerprint density at radius 2 is 2.50 bits per heavy atom. The lowest BCUT2D eigenvalue weighted by Crippen LogP contribution is -1.95. The van der Waals surface area contributed by atoms with Gasteiger partial charge in [-0.2, -0.15) is 5.10 Å². The fourth-order valence-electron chi connectivity index (χ4n) is 2.05. The summed E-state index contributed by atoms with van der Waals surface area (Å²) < 4.78 is 2.13. The third-order valence-corrected chi connectivity index (χ3v) is 2.80. The molecule has 0 saturated heterocycles. The highest BCUT2D eigenvalue weighted by atomic mass is 15.3. The molecule has 0 amide bonds. The Kier molecular flexibility index (Phi) is 3.40. The Bertz CT molecular complexity index is 414. The topological polar surface area (TPSA) is 17.8 Å². The van der Waals surface area contributed by atoms with E-state index >= 15 is 0 Å². The van der Waals surface area contributed by atoms with Crippen molar-refractivity contribution in [3.05, 3.63) is 48.3 Å². The normalized spacial score (nSPS) is 15.7. The SMILES string of the molecule is C=C/C=C\C(=C/CC)c1cc2n(n1)CCC2. The Morgan fingerprint density at radius 3 is 3.19 bits per heavy atom. The molecule has 2 heterocycles.